The summed E-state index contributed by atoms with van der Waals surface area (Å²) < 4.78 is 12.1. The number of nitrogens with zero attached hydrogens (tertiary/aromatic N) is 1. The number of aromatic hydroxyl groups is 1. The minimum absolute atomic E-state index is 0.00596. The van der Waals surface area contributed by atoms with E-state index in [1.807, 2.05) is 19.1 Å². The Bertz CT molecular complexity index is 1400. The van der Waals surface area contributed by atoms with E-state index >= 15 is 0 Å². The number of primary amides is 1. The number of methoxy groups -OCH3 is 1. The molecule has 0 saturated carbocycles. The van der Waals surface area contributed by atoms with E-state index in [1.165, 1.54) is 11.8 Å². The van der Waals surface area contributed by atoms with Crippen LogP contribution in [0.3, 0.4) is 0 Å². The van der Waals surface area contributed by atoms with E-state index in [0.717, 1.165) is 14.7 Å². The lowest BCUT2D eigenvalue weighted by Gasteiger charge is -2.24. The molecule has 1 fully saturated rings. The molecule has 3 aromatic carbocycles. The van der Waals surface area contributed by atoms with Crippen molar-refractivity contribution in [1.29, 1.82) is 0 Å². The molecule has 11 heteroatoms. The van der Waals surface area contributed by atoms with Crippen molar-refractivity contribution in [2.45, 2.75) is 30.4 Å². The van der Waals surface area contributed by atoms with E-state index in [2.05, 4.69) is 27.9 Å². The van der Waals surface area contributed by atoms with Crippen LogP contribution in [0.15, 0.2) is 60.7 Å². The van der Waals surface area contributed by atoms with Crippen molar-refractivity contribution in [3.63, 3.8) is 0 Å². The third-order valence-corrected chi connectivity index (χ3v) is 8.79. The predicted octanol–water partition coefficient (Wildman–Crippen LogP) is 4.40. The van der Waals surface area contributed by atoms with Crippen LogP contribution in [0.1, 0.15) is 40.2 Å². The van der Waals surface area contributed by atoms with E-state index in [1.54, 1.807) is 60.5 Å². The molecule has 2 atom stereocenters. The van der Waals surface area contributed by atoms with Crippen molar-refractivity contribution in [2.75, 3.05) is 25.2 Å². The van der Waals surface area contributed by atoms with Gasteiger partial charge in [-0.25, -0.2) is 0 Å². The number of anilines is 1. The zero-order valence-electron chi connectivity index (χ0n) is 22.1. The highest BCUT2D eigenvalue weighted by Gasteiger charge is 2.42. The smallest absolute Gasteiger partial charge is 0.248 e. The number of phenolic OH excluding ortho intramolecular Hbond substituents is 1. The van der Waals surface area contributed by atoms with Gasteiger partial charge in [-0.2, -0.15) is 0 Å². The Morgan fingerprint density at radius 1 is 1.12 bits per heavy atom. The number of hydrogen-bond donors (Lipinski definition) is 3. The van der Waals surface area contributed by atoms with Gasteiger partial charge >= 0.3 is 0 Å². The molecule has 3 amide bonds. The van der Waals surface area contributed by atoms with Gasteiger partial charge in [-0.15, -0.1) is 11.8 Å². The Morgan fingerprint density at radius 3 is 2.55 bits per heavy atom. The summed E-state index contributed by atoms with van der Waals surface area (Å²) in [5.74, 6) is 0.335. The van der Waals surface area contributed by atoms with E-state index in [-0.39, 0.29) is 29.5 Å². The molecule has 9 nitrogen and oxygen atoms in total. The number of benzene rings is 3. The molecule has 0 spiro atoms. The van der Waals surface area contributed by atoms with E-state index < -0.39 is 16.5 Å². The lowest BCUT2D eigenvalue weighted by atomic mass is 10.1. The molecule has 210 valence electrons. The van der Waals surface area contributed by atoms with Gasteiger partial charge in [-0.3, -0.25) is 19.3 Å². The highest BCUT2D eigenvalue weighted by molar-refractivity contribution is 14.1. The lowest BCUT2D eigenvalue weighted by molar-refractivity contribution is -0.124. The molecule has 0 bridgehead atoms. The van der Waals surface area contributed by atoms with Gasteiger partial charge in [0.15, 0.2) is 11.5 Å². The van der Waals surface area contributed by atoms with Crippen molar-refractivity contribution in [1.82, 2.24) is 5.32 Å². The second-order valence-corrected chi connectivity index (χ2v) is 11.5. The normalized spacial score (nSPS) is 16.6. The average molecular weight is 676 g/mol. The predicted molar refractivity (Wildman–Crippen MR) is 163 cm³/mol. The molecule has 0 aliphatic carbocycles. The van der Waals surface area contributed by atoms with Crippen LogP contribution in [0.4, 0.5) is 5.69 Å². The van der Waals surface area contributed by atoms with Crippen LogP contribution in [-0.2, 0) is 16.0 Å². The van der Waals surface area contributed by atoms with Crippen LogP contribution in [0, 0.1) is 3.57 Å². The highest BCUT2D eigenvalue weighted by Crippen LogP contribution is 2.47. The summed E-state index contributed by atoms with van der Waals surface area (Å²) in [6.45, 7) is 2.81. The van der Waals surface area contributed by atoms with Crippen molar-refractivity contribution in [3.8, 4) is 17.2 Å². The number of phenols is 1. The molecule has 1 aliphatic heterocycles. The Labute approximate surface area is 250 Å². The molecule has 0 aromatic heterocycles. The van der Waals surface area contributed by atoms with Gasteiger partial charge in [0.05, 0.1) is 19.0 Å². The third kappa shape index (κ3) is 6.81. The van der Waals surface area contributed by atoms with Gasteiger partial charge in [0.1, 0.15) is 11.1 Å². The average Bonchev–Trinajstić information content (AvgIpc) is 3.26. The molecular weight excluding hydrogens is 645 g/mol. The van der Waals surface area contributed by atoms with E-state index in [4.69, 9.17) is 15.2 Å². The van der Waals surface area contributed by atoms with Gasteiger partial charge < -0.3 is 25.6 Å². The molecule has 0 unspecified atom stereocenters. The minimum Gasteiger partial charge on any atom is -0.508 e. The number of nitrogens with one attached hydrogen (secondary N) is 1. The number of nitrogens with two attached hydrogens (primary N) is 1. The van der Waals surface area contributed by atoms with Crippen molar-refractivity contribution < 1.29 is 29.0 Å². The number of thioether (sulfide) groups is 1. The van der Waals surface area contributed by atoms with Crippen LogP contribution >= 0.6 is 34.4 Å². The topological polar surface area (TPSA) is 131 Å². The summed E-state index contributed by atoms with van der Waals surface area (Å²) in [6, 6.07) is 17.0. The quantitative estimate of drug-likeness (QED) is 0.257. The Hall–Kier alpha value is -3.45. The zero-order valence-corrected chi connectivity index (χ0v) is 25.0. The summed E-state index contributed by atoms with van der Waals surface area (Å²) >= 11 is 3.58. The van der Waals surface area contributed by atoms with Crippen LogP contribution in [-0.4, -0.2) is 48.3 Å². The summed E-state index contributed by atoms with van der Waals surface area (Å²) in [7, 11) is 1.60. The lowest BCUT2D eigenvalue weighted by Crippen LogP contribution is -2.34. The van der Waals surface area contributed by atoms with Gasteiger partial charge in [0.2, 0.25) is 17.7 Å². The number of amides is 3. The van der Waals surface area contributed by atoms with Crippen LogP contribution in [0.25, 0.3) is 0 Å². The first-order chi connectivity index (χ1) is 19.2. The highest BCUT2D eigenvalue weighted by atomic mass is 127. The Balaban J connectivity index is 1.46. The molecule has 1 heterocycles. The zero-order chi connectivity index (χ0) is 28.8. The Morgan fingerprint density at radius 2 is 1.88 bits per heavy atom. The molecule has 4 rings (SSSR count). The first-order valence-electron chi connectivity index (χ1n) is 12.6. The third-order valence-electron chi connectivity index (χ3n) is 6.35. The maximum absolute atomic E-state index is 13.6. The van der Waals surface area contributed by atoms with Crippen molar-refractivity contribution >= 4 is 57.8 Å². The number of rotatable bonds is 11. The number of halogens is 1. The second kappa shape index (κ2) is 13.3. The molecule has 1 aliphatic rings. The SMILES string of the molecule is CCOc1cc(CCNC(=O)C[C@H]2S[C@@H](c3ccc(O)cc3)N(c3cccc(C(N)=O)c3)C2=O)c(I)cc1OC. The maximum Gasteiger partial charge on any atom is 0.248 e. The van der Waals surface area contributed by atoms with E-state index in [0.29, 0.717) is 36.8 Å². The summed E-state index contributed by atoms with van der Waals surface area (Å²) in [5.41, 5.74) is 8.05. The van der Waals surface area contributed by atoms with Gasteiger partial charge in [0.25, 0.3) is 0 Å². The maximum atomic E-state index is 13.6. The van der Waals surface area contributed by atoms with Crippen LogP contribution < -0.4 is 25.4 Å². The van der Waals surface area contributed by atoms with Crippen LogP contribution in [0.2, 0.25) is 0 Å². The number of hydrogen-bond acceptors (Lipinski definition) is 7. The number of ether oxygens (including phenoxy) is 2. The summed E-state index contributed by atoms with van der Waals surface area (Å²) in [6.07, 6.45) is 0.579. The fourth-order valence-corrected chi connectivity index (χ4v) is 6.55. The molecular formula is C29H30IN3O6S. The van der Waals surface area contributed by atoms with Crippen LogP contribution in [0.5, 0.6) is 17.2 Å². The monoisotopic (exact) mass is 675 g/mol. The molecule has 40 heavy (non-hydrogen) atoms. The minimum atomic E-state index is -0.637. The van der Waals surface area contributed by atoms with E-state index in [9.17, 15) is 19.5 Å². The first kappa shape index (κ1) is 29.5. The largest absolute Gasteiger partial charge is 0.508 e. The fourth-order valence-electron chi connectivity index (χ4n) is 4.39. The summed E-state index contributed by atoms with van der Waals surface area (Å²) in [4.78, 5) is 39.9. The number of carbonyl (C=O) groups excluding carboxylic acids is 3. The van der Waals surface area contributed by atoms with Crippen molar-refractivity contribution in [2.24, 2.45) is 5.73 Å². The standard InChI is InChI=1S/C29H30IN3O6S/c1-3-39-24-14-18(22(30)15-23(24)38-2)11-12-32-26(35)16-25-28(37)33(20-6-4-5-19(13-20)27(31)36)29(40-25)17-7-9-21(34)10-8-17/h4-10,13-15,25,29,34H,3,11-12,16H2,1-2H3,(H2,31,36)(H,32,35)/t25-,29+/m1/s1. The molecule has 0 radical (unpaired) electrons. The molecule has 1 saturated heterocycles. The Kier molecular flexibility index (Phi) is 9.80. The van der Waals surface area contributed by atoms with Gasteiger partial charge in [0, 0.05) is 27.8 Å². The summed E-state index contributed by atoms with van der Waals surface area (Å²) in [5, 5.41) is 11.6. The van der Waals surface area contributed by atoms with Crippen molar-refractivity contribution in [3.05, 3.63) is 80.9 Å². The van der Waals surface area contributed by atoms with Gasteiger partial charge in [-0.1, -0.05) is 18.2 Å². The number of carbonyl (C=O) groups is 3. The molecule has 4 N–H and O–H groups in total. The fraction of sp³-hybridized carbons (Fsp3) is 0.276. The molecule has 3 aromatic rings. The second-order valence-electron chi connectivity index (χ2n) is 9.02. The van der Waals surface area contributed by atoms with Gasteiger partial charge in [-0.05, 0) is 89.5 Å². The first-order valence-corrected chi connectivity index (χ1v) is 14.7.